The van der Waals surface area contributed by atoms with E-state index >= 15 is 0 Å². The quantitative estimate of drug-likeness (QED) is 0.632. The standard InChI is InChI=1S/C14H25N3O4/c1-3-4-14(12(19)20)5-9-17(10-6-14)13(21)16-8-7-15-11(2)18/h3-10H2,1-2H3,(H,15,18)(H,16,21)(H,19,20). The maximum Gasteiger partial charge on any atom is 0.317 e. The number of nitrogens with zero attached hydrogens (tertiary/aromatic N) is 1. The maximum absolute atomic E-state index is 11.9. The Balaban J connectivity index is 2.39. The highest BCUT2D eigenvalue weighted by Gasteiger charge is 2.41. The molecule has 7 heteroatoms. The van der Waals surface area contributed by atoms with Crippen LogP contribution in [0.3, 0.4) is 0 Å². The molecule has 1 heterocycles. The van der Waals surface area contributed by atoms with Gasteiger partial charge in [-0.1, -0.05) is 13.3 Å². The average Bonchev–Trinajstić information content (AvgIpc) is 2.44. The topological polar surface area (TPSA) is 98.7 Å². The molecule has 0 spiro atoms. The smallest absolute Gasteiger partial charge is 0.317 e. The minimum Gasteiger partial charge on any atom is -0.481 e. The van der Waals surface area contributed by atoms with E-state index in [4.69, 9.17) is 0 Å². The second-order valence-corrected chi connectivity index (χ2v) is 5.54. The summed E-state index contributed by atoms with van der Waals surface area (Å²) in [6, 6.07) is -0.198. The number of piperidine rings is 1. The van der Waals surface area contributed by atoms with Crippen LogP contribution >= 0.6 is 0 Å². The molecule has 1 aliphatic rings. The Hall–Kier alpha value is -1.79. The summed E-state index contributed by atoms with van der Waals surface area (Å²) in [6.45, 7) is 5.08. The average molecular weight is 299 g/mol. The Labute approximate surface area is 125 Å². The zero-order valence-electron chi connectivity index (χ0n) is 12.8. The molecule has 0 aromatic heterocycles. The third-order valence-electron chi connectivity index (χ3n) is 3.97. The Morgan fingerprint density at radius 2 is 1.71 bits per heavy atom. The summed E-state index contributed by atoms with van der Waals surface area (Å²) in [5, 5.41) is 14.7. The molecule has 0 bridgehead atoms. The summed E-state index contributed by atoms with van der Waals surface area (Å²) in [6.07, 6.45) is 2.47. The molecule has 0 aliphatic carbocycles. The lowest BCUT2D eigenvalue weighted by Gasteiger charge is -2.38. The van der Waals surface area contributed by atoms with Crippen LogP contribution in [0, 0.1) is 5.41 Å². The first kappa shape index (κ1) is 17.3. The van der Waals surface area contributed by atoms with Gasteiger partial charge in [-0.15, -0.1) is 0 Å². The molecule has 1 aliphatic heterocycles. The predicted molar refractivity (Wildman–Crippen MR) is 77.9 cm³/mol. The maximum atomic E-state index is 11.9. The SMILES string of the molecule is CCCC1(C(=O)O)CCN(C(=O)NCCNC(C)=O)CC1. The van der Waals surface area contributed by atoms with Crippen LogP contribution in [0.2, 0.25) is 0 Å². The number of carboxylic acids is 1. The molecule has 1 rings (SSSR count). The van der Waals surface area contributed by atoms with Crippen molar-refractivity contribution in [2.75, 3.05) is 26.2 Å². The van der Waals surface area contributed by atoms with Gasteiger partial charge in [0.2, 0.25) is 5.91 Å². The minimum atomic E-state index is -0.755. The molecule has 1 fully saturated rings. The monoisotopic (exact) mass is 299 g/mol. The van der Waals surface area contributed by atoms with Gasteiger partial charge in [0.05, 0.1) is 5.41 Å². The third-order valence-corrected chi connectivity index (χ3v) is 3.97. The number of carbonyl (C=O) groups excluding carboxylic acids is 2. The normalized spacial score (nSPS) is 17.1. The number of hydrogen-bond donors (Lipinski definition) is 3. The molecular formula is C14H25N3O4. The highest BCUT2D eigenvalue weighted by atomic mass is 16.4. The van der Waals surface area contributed by atoms with E-state index in [1.54, 1.807) is 4.90 Å². The second-order valence-electron chi connectivity index (χ2n) is 5.54. The van der Waals surface area contributed by atoms with Crippen molar-refractivity contribution in [1.82, 2.24) is 15.5 Å². The fourth-order valence-corrected chi connectivity index (χ4v) is 2.71. The molecular weight excluding hydrogens is 274 g/mol. The fraction of sp³-hybridized carbons (Fsp3) is 0.786. The number of rotatable bonds is 6. The first-order valence-electron chi connectivity index (χ1n) is 7.42. The van der Waals surface area contributed by atoms with E-state index in [9.17, 15) is 19.5 Å². The van der Waals surface area contributed by atoms with E-state index in [0.717, 1.165) is 6.42 Å². The van der Waals surface area contributed by atoms with Gasteiger partial charge in [-0.3, -0.25) is 9.59 Å². The van der Waals surface area contributed by atoms with Crippen molar-refractivity contribution in [3.8, 4) is 0 Å². The number of carboxylic acid groups (broad SMARTS) is 1. The first-order chi connectivity index (χ1) is 9.91. The molecule has 1 saturated heterocycles. The summed E-state index contributed by atoms with van der Waals surface area (Å²) in [7, 11) is 0. The highest BCUT2D eigenvalue weighted by Crippen LogP contribution is 2.36. The molecule has 0 radical (unpaired) electrons. The van der Waals surface area contributed by atoms with Gasteiger partial charge in [0.25, 0.3) is 0 Å². The van der Waals surface area contributed by atoms with Gasteiger partial charge < -0.3 is 20.6 Å². The van der Waals surface area contributed by atoms with Crippen LogP contribution in [-0.2, 0) is 9.59 Å². The van der Waals surface area contributed by atoms with Crippen LogP contribution in [0.1, 0.15) is 39.5 Å². The Morgan fingerprint density at radius 1 is 1.14 bits per heavy atom. The molecule has 21 heavy (non-hydrogen) atoms. The summed E-state index contributed by atoms with van der Waals surface area (Å²) >= 11 is 0. The van der Waals surface area contributed by atoms with Crippen LogP contribution in [0.4, 0.5) is 4.79 Å². The molecule has 120 valence electrons. The zero-order valence-corrected chi connectivity index (χ0v) is 12.8. The highest BCUT2D eigenvalue weighted by molar-refractivity contribution is 5.77. The van der Waals surface area contributed by atoms with Crippen LogP contribution in [0.15, 0.2) is 0 Å². The second kappa shape index (κ2) is 7.85. The van der Waals surface area contributed by atoms with Gasteiger partial charge in [0.1, 0.15) is 0 Å². The third kappa shape index (κ3) is 4.91. The summed E-state index contributed by atoms with van der Waals surface area (Å²) in [5.74, 6) is -0.886. The van der Waals surface area contributed by atoms with Gasteiger partial charge in [-0.05, 0) is 19.3 Å². The molecule has 3 amide bonds. The van der Waals surface area contributed by atoms with Crippen LogP contribution in [-0.4, -0.2) is 54.1 Å². The lowest BCUT2D eigenvalue weighted by atomic mass is 9.75. The van der Waals surface area contributed by atoms with E-state index in [1.807, 2.05) is 6.92 Å². The fourth-order valence-electron chi connectivity index (χ4n) is 2.71. The van der Waals surface area contributed by atoms with Crippen LogP contribution < -0.4 is 10.6 Å². The summed E-state index contributed by atoms with van der Waals surface area (Å²) in [5.41, 5.74) is -0.679. The Kier molecular flexibility index (Phi) is 6.45. The minimum absolute atomic E-state index is 0.131. The van der Waals surface area contributed by atoms with Crippen molar-refractivity contribution in [3.63, 3.8) is 0 Å². The number of carbonyl (C=O) groups is 3. The lowest BCUT2D eigenvalue weighted by molar-refractivity contribution is -0.152. The Bertz CT molecular complexity index is 390. The summed E-state index contributed by atoms with van der Waals surface area (Å²) in [4.78, 5) is 35.7. The van der Waals surface area contributed by atoms with Crippen molar-refractivity contribution < 1.29 is 19.5 Å². The van der Waals surface area contributed by atoms with Gasteiger partial charge in [0.15, 0.2) is 0 Å². The first-order valence-corrected chi connectivity index (χ1v) is 7.42. The van der Waals surface area contributed by atoms with Crippen molar-refractivity contribution in [3.05, 3.63) is 0 Å². The number of hydrogen-bond acceptors (Lipinski definition) is 3. The van der Waals surface area contributed by atoms with Gasteiger partial charge in [0, 0.05) is 33.1 Å². The molecule has 0 unspecified atom stereocenters. The lowest BCUT2D eigenvalue weighted by Crippen LogP contribution is -2.50. The van der Waals surface area contributed by atoms with E-state index in [1.165, 1.54) is 6.92 Å². The Morgan fingerprint density at radius 3 is 2.19 bits per heavy atom. The number of aliphatic carboxylic acids is 1. The van der Waals surface area contributed by atoms with Crippen LogP contribution in [0.5, 0.6) is 0 Å². The van der Waals surface area contributed by atoms with E-state index in [0.29, 0.717) is 45.4 Å². The summed E-state index contributed by atoms with van der Waals surface area (Å²) < 4.78 is 0. The van der Waals surface area contributed by atoms with Crippen molar-refractivity contribution in [2.45, 2.75) is 39.5 Å². The van der Waals surface area contributed by atoms with Crippen molar-refractivity contribution in [2.24, 2.45) is 5.41 Å². The predicted octanol–water partition coefficient (Wildman–Crippen LogP) is 0.799. The molecule has 0 aromatic rings. The number of likely N-dealkylation sites (tertiary alicyclic amines) is 1. The van der Waals surface area contributed by atoms with Crippen molar-refractivity contribution >= 4 is 17.9 Å². The van der Waals surface area contributed by atoms with E-state index in [-0.39, 0.29) is 11.9 Å². The number of nitrogens with one attached hydrogen (secondary N) is 2. The number of amides is 3. The molecule has 0 atom stereocenters. The van der Waals surface area contributed by atoms with Gasteiger partial charge >= 0.3 is 12.0 Å². The van der Waals surface area contributed by atoms with Crippen molar-refractivity contribution in [1.29, 1.82) is 0 Å². The van der Waals surface area contributed by atoms with E-state index in [2.05, 4.69) is 10.6 Å². The molecule has 0 saturated carbocycles. The molecule has 3 N–H and O–H groups in total. The molecule has 0 aromatic carbocycles. The van der Waals surface area contributed by atoms with Gasteiger partial charge in [-0.25, -0.2) is 4.79 Å². The number of urea groups is 1. The molecule has 7 nitrogen and oxygen atoms in total. The van der Waals surface area contributed by atoms with Gasteiger partial charge in [-0.2, -0.15) is 0 Å². The van der Waals surface area contributed by atoms with Crippen LogP contribution in [0.25, 0.3) is 0 Å². The largest absolute Gasteiger partial charge is 0.481 e. The zero-order chi connectivity index (χ0) is 15.9. The van der Waals surface area contributed by atoms with E-state index < -0.39 is 11.4 Å².